The SMILES string of the molecule is CCNC(=O)N1CCN(CC(=O)Nc2nc(-c3ccc(C)cc3)cs2)CC1. The van der Waals surface area contributed by atoms with Gasteiger partial charge in [-0.05, 0) is 13.8 Å². The summed E-state index contributed by atoms with van der Waals surface area (Å²) in [6, 6.07) is 8.13. The zero-order valence-corrected chi connectivity index (χ0v) is 16.5. The molecule has 3 amide bonds. The predicted molar refractivity (Wildman–Crippen MR) is 108 cm³/mol. The molecular formula is C19H25N5O2S. The highest BCUT2D eigenvalue weighted by Crippen LogP contribution is 2.25. The zero-order chi connectivity index (χ0) is 19.2. The maximum Gasteiger partial charge on any atom is 0.317 e. The summed E-state index contributed by atoms with van der Waals surface area (Å²) in [6.45, 7) is 7.53. The first-order valence-electron chi connectivity index (χ1n) is 9.12. The van der Waals surface area contributed by atoms with Crippen LogP contribution in [0.15, 0.2) is 29.6 Å². The largest absolute Gasteiger partial charge is 0.338 e. The standard InChI is InChI=1S/C19H25N5O2S/c1-3-20-19(26)24-10-8-23(9-11-24)12-17(25)22-18-21-16(13-27-18)15-6-4-14(2)5-7-15/h4-7,13H,3,8-12H2,1-2H3,(H,20,26)(H,21,22,25). The second-order valence-corrected chi connectivity index (χ2v) is 7.41. The van der Waals surface area contributed by atoms with Gasteiger partial charge in [0, 0.05) is 43.7 Å². The molecule has 7 nitrogen and oxygen atoms in total. The number of anilines is 1. The summed E-state index contributed by atoms with van der Waals surface area (Å²) in [5.74, 6) is -0.0775. The lowest BCUT2D eigenvalue weighted by Gasteiger charge is -2.34. The van der Waals surface area contributed by atoms with E-state index in [1.165, 1.54) is 16.9 Å². The van der Waals surface area contributed by atoms with Gasteiger partial charge in [-0.2, -0.15) is 0 Å². The van der Waals surface area contributed by atoms with Gasteiger partial charge in [0.15, 0.2) is 5.13 Å². The number of piperazine rings is 1. The summed E-state index contributed by atoms with van der Waals surface area (Å²) in [4.78, 5) is 32.5. The molecule has 1 aliphatic rings. The highest BCUT2D eigenvalue weighted by atomic mass is 32.1. The van der Waals surface area contributed by atoms with Crippen LogP contribution >= 0.6 is 11.3 Å². The Morgan fingerprint density at radius 3 is 2.52 bits per heavy atom. The maximum absolute atomic E-state index is 12.3. The number of thiazole rings is 1. The minimum atomic E-state index is -0.0775. The molecular weight excluding hydrogens is 362 g/mol. The van der Waals surface area contributed by atoms with Crippen molar-refractivity contribution in [3.63, 3.8) is 0 Å². The molecule has 1 fully saturated rings. The van der Waals surface area contributed by atoms with Gasteiger partial charge in [-0.25, -0.2) is 9.78 Å². The molecule has 0 atom stereocenters. The quantitative estimate of drug-likeness (QED) is 0.826. The number of hydrogen-bond donors (Lipinski definition) is 2. The van der Waals surface area contributed by atoms with E-state index in [-0.39, 0.29) is 11.9 Å². The van der Waals surface area contributed by atoms with Crippen molar-refractivity contribution in [2.75, 3.05) is 44.6 Å². The lowest BCUT2D eigenvalue weighted by Crippen LogP contribution is -2.52. The number of carbonyl (C=O) groups is 2. The van der Waals surface area contributed by atoms with E-state index in [2.05, 4.69) is 20.5 Å². The minimum Gasteiger partial charge on any atom is -0.338 e. The molecule has 2 aromatic rings. The van der Waals surface area contributed by atoms with Gasteiger partial charge < -0.3 is 15.5 Å². The van der Waals surface area contributed by atoms with Crippen LogP contribution in [0.3, 0.4) is 0 Å². The molecule has 144 valence electrons. The first-order chi connectivity index (χ1) is 13.0. The number of nitrogens with one attached hydrogen (secondary N) is 2. The average Bonchev–Trinajstić information content (AvgIpc) is 3.11. The Balaban J connectivity index is 1.48. The van der Waals surface area contributed by atoms with Crippen LogP contribution in [-0.2, 0) is 4.79 Å². The number of nitrogens with zero attached hydrogens (tertiary/aromatic N) is 3. The van der Waals surface area contributed by atoms with Crippen LogP contribution in [0.4, 0.5) is 9.93 Å². The van der Waals surface area contributed by atoms with Crippen molar-refractivity contribution in [2.24, 2.45) is 0 Å². The molecule has 8 heteroatoms. The van der Waals surface area contributed by atoms with Gasteiger partial charge in [0.2, 0.25) is 5.91 Å². The average molecular weight is 388 g/mol. The van der Waals surface area contributed by atoms with Gasteiger partial charge >= 0.3 is 6.03 Å². The Hall–Kier alpha value is -2.45. The van der Waals surface area contributed by atoms with Gasteiger partial charge in [-0.1, -0.05) is 29.8 Å². The number of hydrogen-bond acceptors (Lipinski definition) is 5. The van der Waals surface area contributed by atoms with Crippen molar-refractivity contribution in [1.29, 1.82) is 0 Å². The molecule has 1 aromatic heterocycles. The number of amides is 3. The second kappa shape index (κ2) is 8.96. The normalized spacial score (nSPS) is 14.8. The number of rotatable bonds is 5. The van der Waals surface area contributed by atoms with Gasteiger partial charge in [-0.3, -0.25) is 9.69 Å². The molecule has 0 saturated carbocycles. The fraction of sp³-hybridized carbons (Fsp3) is 0.421. The Bertz CT molecular complexity index is 782. The van der Waals surface area contributed by atoms with E-state index in [4.69, 9.17) is 0 Å². The van der Waals surface area contributed by atoms with E-state index < -0.39 is 0 Å². The third kappa shape index (κ3) is 5.27. The third-order valence-corrected chi connectivity index (χ3v) is 5.21. The topological polar surface area (TPSA) is 77.6 Å². The van der Waals surface area contributed by atoms with Crippen molar-refractivity contribution >= 4 is 28.4 Å². The lowest BCUT2D eigenvalue weighted by molar-refractivity contribution is -0.117. The molecule has 0 radical (unpaired) electrons. The molecule has 0 unspecified atom stereocenters. The van der Waals surface area contributed by atoms with E-state index in [0.29, 0.717) is 44.4 Å². The fourth-order valence-electron chi connectivity index (χ4n) is 2.92. The van der Waals surface area contributed by atoms with Crippen LogP contribution in [-0.4, -0.2) is 66.0 Å². The zero-order valence-electron chi connectivity index (χ0n) is 15.7. The fourth-order valence-corrected chi connectivity index (χ4v) is 3.66. The maximum atomic E-state index is 12.3. The van der Waals surface area contributed by atoms with Gasteiger partial charge in [0.05, 0.1) is 12.2 Å². The highest BCUT2D eigenvalue weighted by Gasteiger charge is 2.22. The van der Waals surface area contributed by atoms with E-state index in [1.54, 1.807) is 4.90 Å². The van der Waals surface area contributed by atoms with Crippen molar-refractivity contribution < 1.29 is 9.59 Å². The van der Waals surface area contributed by atoms with Crippen molar-refractivity contribution in [3.05, 3.63) is 35.2 Å². The van der Waals surface area contributed by atoms with Crippen LogP contribution in [0, 0.1) is 6.92 Å². The number of aromatic nitrogens is 1. The molecule has 3 rings (SSSR count). The number of carbonyl (C=O) groups excluding carboxylic acids is 2. The Morgan fingerprint density at radius 1 is 1.15 bits per heavy atom. The summed E-state index contributed by atoms with van der Waals surface area (Å²) in [6.07, 6.45) is 0. The van der Waals surface area contributed by atoms with E-state index in [1.807, 2.05) is 43.5 Å². The molecule has 2 heterocycles. The molecule has 1 saturated heterocycles. The van der Waals surface area contributed by atoms with Crippen molar-refractivity contribution in [3.8, 4) is 11.3 Å². The molecule has 0 aliphatic carbocycles. The Kier molecular flexibility index (Phi) is 6.41. The van der Waals surface area contributed by atoms with Crippen LogP contribution in [0.25, 0.3) is 11.3 Å². The first-order valence-corrected chi connectivity index (χ1v) is 10.0. The molecule has 2 N–H and O–H groups in total. The third-order valence-electron chi connectivity index (χ3n) is 4.45. The van der Waals surface area contributed by atoms with Crippen LogP contribution in [0.5, 0.6) is 0 Å². The van der Waals surface area contributed by atoms with Gasteiger partial charge in [0.25, 0.3) is 0 Å². The lowest BCUT2D eigenvalue weighted by atomic mass is 10.1. The summed E-state index contributed by atoms with van der Waals surface area (Å²) < 4.78 is 0. The van der Waals surface area contributed by atoms with Crippen LogP contribution < -0.4 is 10.6 Å². The molecule has 1 aromatic carbocycles. The number of urea groups is 1. The smallest absolute Gasteiger partial charge is 0.317 e. The van der Waals surface area contributed by atoms with E-state index >= 15 is 0 Å². The van der Waals surface area contributed by atoms with Gasteiger partial charge in [0.1, 0.15) is 0 Å². The minimum absolute atomic E-state index is 0.0342. The molecule has 1 aliphatic heterocycles. The van der Waals surface area contributed by atoms with Crippen molar-refractivity contribution in [2.45, 2.75) is 13.8 Å². The number of benzene rings is 1. The van der Waals surface area contributed by atoms with Gasteiger partial charge in [-0.15, -0.1) is 11.3 Å². The molecule has 0 bridgehead atoms. The summed E-state index contributed by atoms with van der Waals surface area (Å²) >= 11 is 1.43. The van der Waals surface area contributed by atoms with Crippen LogP contribution in [0.2, 0.25) is 0 Å². The predicted octanol–water partition coefficient (Wildman–Crippen LogP) is 2.40. The molecule has 27 heavy (non-hydrogen) atoms. The molecule has 0 spiro atoms. The summed E-state index contributed by atoms with van der Waals surface area (Å²) in [5, 5.41) is 8.24. The second-order valence-electron chi connectivity index (χ2n) is 6.55. The monoisotopic (exact) mass is 387 g/mol. The Morgan fingerprint density at radius 2 is 1.85 bits per heavy atom. The summed E-state index contributed by atoms with van der Waals surface area (Å²) in [5.41, 5.74) is 3.11. The van der Waals surface area contributed by atoms with E-state index in [0.717, 1.165) is 11.3 Å². The summed E-state index contributed by atoms with van der Waals surface area (Å²) in [7, 11) is 0. The first kappa shape index (κ1) is 19.3. The van der Waals surface area contributed by atoms with Crippen LogP contribution in [0.1, 0.15) is 12.5 Å². The highest BCUT2D eigenvalue weighted by molar-refractivity contribution is 7.14. The number of aryl methyl sites for hydroxylation is 1. The Labute approximate surface area is 163 Å². The van der Waals surface area contributed by atoms with E-state index in [9.17, 15) is 9.59 Å². The van der Waals surface area contributed by atoms with Crippen molar-refractivity contribution in [1.82, 2.24) is 20.1 Å².